The fourth-order valence-corrected chi connectivity index (χ4v) is 1.89. The maximum absolute atomic E-state index is 13.0. The number of rotatable bonds is 7. The highest BCUT2D eigenvalue weighted by Crippen LogP contribution is 2.16. The molecular formula is C14H21ClFN. The normalized spacial score (nSPS) is 11.1. The van der Waals surface area contributed by atoms with Gasteiger partial charge in [-0.2, -0.15) is 0 Å². The summed E-state index contributed by atoms with van der Waals surface area (Å²) in [4.78, 5) is 0. The Balaban J connectivity index is 2.20. The fourth-order valence-electron chi connectivity index (χ4n) is 1.70. The van der Waals surface area contributed by atoms with Gasteiger partial charge in [-0.25, -0.2) is 4.39 Å². The van der Waals surface area contributed by atoms with Gasteiger partial charge in [0.15, 0.2) is 0 Å². The predicted octanol–water partition coefficient (Wildman–Crippen LogP) is 4.40. The van der Waals surface area contributed by atoms with E-state index in [4.69, 9.17) is 11.6 Å². The Morgan fingerprint density at radius 3 is 2.76 bits per heavy atom. The van der Waals surface area contributed by atoms with Gasteiger partial charge in [0.05, 0.1) is 0 Å². The quantitative estimate of drug-likeness (QED) is 0.714. The molecule has 17 heavy (non-hydrogen) atoms. The van der Waals surface area contributed by atoms with E-state index in [0.29, 0.717) is 11.6 Å². The van der Waals surface area contributed by atoms with Crippen molar-refractivity contribution in [2.75, 3.05) is 6.54 Å². The van der Waals surface area contributed by atoms with Gasteiger partial charge in [0.2, 0.25) is 0 Å². The molecule has 1 aromatic rings. The minimum absolute atomic E-state index is 0.231. The van der Waals surface area contributed by atoms with Gasteiger partial charge in [0.1, 0.15) is 5.82 Å². The molecule has 1 rings (SSSR count). The summed E-state index contributed by atoms with van der Waals surface area (Å²) in [6, 6.07) is 4.48. The molecule has 1 nitrogen and oxygen atoms in total. The summed E-state index contributed by atoms with van der Waals surface area (Å²) >= 11 is 5.97. The van der Waals surface area contributed by atoms with Crippen molar-refractivity contribution < 1.29 is 4.39 Å². The second kappa shape index (κ2) is 7.67. The highest BCUT2D eigenvalue weighted by Gasteiger charge is 2.01. The zero-order valence-corrected chi connectivity index (χ0v) is 11.4. The first-order chi connectivity index (χ1) is 8.09. The van der Waals surface area contributed by atoms with Gasteiger partial charge in [-0.3, -0.25) is 0 Å². The lowest BCUT2D eigenvalue weighted by Gasteiger charge is -2.07. The zero-order valence-electron chi connectivity index (χ0n) is 10.6. The van der Waals surface area contributed by atoms with Crippen LogP contribution in [-0.2, 0) is 6.54 Å². The molecule has 0 fully saturated rings. The number of hydrogen-bond acceptors (Lipinski definition) is 1. The Hall–Kier alpha value is -0.600. The highest BCUT2D eigenvalue weighted by atomic mass is 35.5. The van der Waals surface area contributed by atoms with E-state index in [1.165, 1.54) is 25.0 Å². The topological polar surface area (TPSA) is 12.0 Å². The molecule has 3 heteroatoms. The number of hydrogen-bond donors (Lipinski definition) is 1. The molecule has 0 saturated heterocycles. The third-order valence-corrected chi connectivity index (χ3v) is 3.08. The molecule has 0 aliphatic carbocycles. The van der Waals surface area contributed by atoms with Crippen LogP contribution in [0.25, 0.3) is 0 Å². The number of halogens is 2. The van der Waals surface area contributed by atoms with Crippen LogP contribution in [0.1, 0.15) is 38.7 Å². The smallest absolute Gasteiger partial charge is 0.123 e. The molecule has 0 aliphatic heterocycles. The summed E-state index contributed by atoms with van der Waals surface area (Å²) in [6.45, 7) is 6.07. The Morgan fingerprint density at radius 2 is 2.06 bits per heavy atom. The summed E-state index contributed by atoms with van der Waals surface area (Å²) in [5, 5.41) is 3.92. The van der Waals surface area contributed by atoms with Crippen molar-refractivity contribution >= 4 is 11.6 Å². The van der Waals surface area contributed by atoms with Crippen molar-refractivity contribution in [3.8, 4) is 0 Å². The molecule has 0 saturated carbocycles. The summed E-state index contributed by atoms with van der Waals surface area (Å²) in [5.74, 6) is 0.540. The van der Waals surface area contributed by atoms with Crippen LogP contribution in [0.2, 0.25) is 5.02 Å². The number of benzene rings is 1. The molecule has 0 aliphatic rings. The van der Waals surface area contributed by atoms with Crippen LogP contribution in [0.3, 0.4) is 0 Å². The molecule has 0 amide bonds. The van der Waals surface area contributed by atoms with E-state index in [9.17, 15) is 4.39 Å². The van der Waals surface area contributed by atoms with Crippen LogP contribution < -0.4 is 5.32 Å². The maximum atomic E-state index is 13.0. The number of nitrogens with one attached hydrogen (secondary N) is 1. The highest BCUT2D eigenvalue weighted by molar-refractivity contribution is 6.31. The van der Waals surface area contributed by atoms with Crippen molar-refractivity contribution in [3.63, 3.8) is 0 Å². The summed E-state index contributed by atoms with van der Waals surface area (Å²) < 4.78 is 13.0. The Bertz CT molecular complexity index is 339. The van der Waals surface area contributed by atoms with Crippen molar-refractivity contribution in [2.45, 2.75) is 39.7 Å². The van der Waals surface area contributed by atoms with Crippen LogP contribution in [0.4, 0.5) is 4.39 Å². The largest absolute Gasteiger partial charge is 0.313 e. The molecule has 0 unspecified atom stereocenters. The maximum Gasteiger partial charge on any atom is 0.123 e. The molecule has 0 atom stereocenters. The molecule has 96 valence electrons. The molecule has 1 aromatic carbocycles. The van der Waals surface area contributed by atoms with Crippen LogP contribution in [0.15, 0.2) is 18.2 Å². The summed E-state index contributed by atoms with van der Waals surface area (Å²) in [6.07, 6.45) is 3.66. The van der Waals surface area contributed by atoms with Crippen molar-refractivity contribution in [3.05, 3.63) is 34.6 Å². The average molecular weight is 258 g/mol. The first-order valence-corrected chi connectivity index (χ1v) is 6.62. The standard InChI is InChI=1S/C14H21ClFN/c1-11(2)5-3-4-8-17-10-12-9-13(16)6-7-14(12)15/h6-7,9,11,17H,3-5,8,10H2,1-2H3. The van der Waals surface area contributed by atoms with E-state index in [2.05, 4.69) is 19.2 Å². The van der Waals surface area contributed by atoms with E-state index < -0.39 is 0 Å². The van der Waals surface area contributed by atoms with Crippen molar-refractivity contribution in [1.29, 1.82) is 0 Å². The Morgan fingerprint density at radius 1 is 1.29 bits per heavy atom. The van der Waals surface area contributed by atoms with Crippen LogP contribution in [-0.4, -0.2) is 6.54 Å². The van der Waals surface area contributed by atoms with Gasteiger partial charge in [-0.1, -0.05) is 38.3 Å². The fraction of sp³-hybridized carbons (Fsp3) is 0.571. The van der Waals surface area contributed by atoms with E-state index in [1.807, 2.05) is 0 Å². The van der Waals surface area contributed by atoms with Crippen molar-refractivity contribution in [1.82, 2.24) is 5.32 Å². The second-order valence-corrected chi connectivity index (χ2v) is 5.21. The molecule has 0 heterocycles. The first kappa shape index (κ1) is 14.5. The summed E-state index contributed by atoms with van der Waals surface area (Å²) in [7, 11) is 0. The molecule has 0 spiro atoms. The van der Waals surface area contributed by atoms with E-state index in [0.717, 1.165) is 24.4 Å². The monoisotopic (exact) mass is 257 g/mol. The minimum Gasteiger partial charge on any atom is -0.313 e. The van der Waals surface area contributed by atoms with Gasteiger partial charge in [-0.15, -0.1) is 0 Å². The van der Waals surface area contributed by atoms with E-state index >= 15 is 0 Å². The Kier molecular flexibility index (Phi) is 6.53. The van der Waals surface area contributed by atoms with E-state index in [-0.39, 0.29) is 5.82 Å². The van der Waals surface area contributed by atoms with Crippen molar-refractivity contribution in [2.24, 2.45) is 5.92 Å². The molecule has 0 bridgehead atoms. The lowest BCUT2D eigenvalue weighted by molar-refractivity contribution is 0.520. The molecule has 0 radical (unpaired) electrons. The van der Waals surface area contributed by atoms with Crippen LogP contribution >= 0.6 is 11.6 Å². The molecule has 1 N–H and O–H groups in total. The average Bonchev–Trinajstić information content (AvgIpc) is 2.27. The lowest BCUT2D eigenvalue weighted by atomic mass is 10.1. The van der Waals surface area contributed by atoms with Gasteiger partial charge in [0.25, 0.3) is 0 Å². The molecule has 0 aromatic heterocycles. The van der Waals surface area contributed by atoms with E-state index in [1.54, 1.807) is 6.07 Å². The third kappa shape index (κ3) is 6.04. The third-order valence-electron chi connectivity index (χ3n) is 2.71. The SMILES string of the molecule is CC(C)CCCCNCc1cc(F)ccc1Cl. The Labute approximate surface area is 108 Å². The lowest BCUT2D eigenvalue weighted by Crippen LogP contribution is -2.15. The van der Waals surface area contributed by atoms with Gasteiger partial charge in [-0.05, 0) is 42.6 Å². The van der Waals surface area contributed by atoms with Crippen LogP contribution in [0.5, 0.6) is 0 Å². The van der Waals surface area contributed by atoms with Crippen LogP contribution in [0, 0.1) is 11.7 Å². The second-order valence-electron chi connectivity index (χ2n) is 4.80. The zero-order chi connectivity index (χ0) is 12.7. The number of unbranched alkanes of at least 4 members (excludes halogenated alkanes) is 1. The van der Waals surface area contributed by atoms with Gasteiger partial charge in [0, 0.05) is 11.6 Å². The molecular weight excluding hydrogens is 237 g/mol. The summed E-state index contributed by atoms with van der Waals surface area (Å²) in [5.41, 5.74) is 0.829. The van der Waals surface area contributed by atoms with Gasteiger partial charge >= 0.3 is 0 Å². The predicted molar refractivity (Wildman–Crippen MR) is 71.8 cm³/mol. The van der Waals surface area contributed by atoms with Gasteiger partial charge < -0.3 is 5.32 Å². The minimum atomic E-state index is -0.231. The first-order valence-electron chi connectivity index (χ1n) is 6.24.